The van der Waals surface area contributed by atoms with E-state index in [4.69, 9.17) is 9.47 Å². The molecule has 0 aromatic heterocycles. The molecule has 0 fully saturated rings. The van der Waals surface area contributed by atoms with E-state index in [2.05, 4.69) is 4.90 Å². The highest BCUT2D eigenvalue weighted by Crippen LogP contribution is 2.29. The molecule has 0 radical (unpaired) electrons. The molecule has 18 heavy (non-hydrogen) atoms. The van der Waals surface area contributed by atoms with Gasteiger partial charge in [0.05, 0.1) is 19.8 Å². The molecule has 4 heteroatoms. The third kappa shape index (κ3) is 4.55. The summed E-state index contributed by atoms with van der Waals surface area (Å²) in [5, 5.41) is 9.68. The molecule has 0 aliphatic heterocycles. The van der Waals surface area contributed by atoms with E-state index in [1.807, 2.05) is 32.3 Å². The Balaban J connectivity index is 2.66. The highest BCUT2D eigenvalue weighted by Gasteiger charge is 2.10. The van der Waals surface area contributed by atoms with Gasteiger partial charge in [0.2, 0.25) is 0 Å². The molecule has 1 atom stereocenters. The summed E-state index contributed by atoms with van der Waals surface area (Å²) in [7, 11) is 5.69. The molecule has 0 aliphatic rings. The van der Waals surface area contributed by atoms with E-state index in [1.165, 1.54) is 0 Å². The second-order valence-electron chi connectivity index (χ2n) is 4.59. The zero-order valence-electron chi connectivity index (χ0n) is 11.6. The van der Waals surface area contributed by atoms with Gasteiger partial charge >= 0.3 is 0 Å². The Hall–Kier alpha value is -1.26. The summed E-state index contributed by atoms with van der Waals surface area (Å²) in [5.41, 5.74) is 0.792. The predicted octanol–water partition coefficient (Wildman–Crippen LogP) is 2.08. The molecule has 1 aromatic carbocycles. The first-order valence-corrected chi connectivity index (χ1v) is 6.18. The fourth-order valence-electron chi connectivity index (χ4n) is 1.67. The third-order valence-electron chi connectivity index (χ3n) is 2.68. The van der Waals surface area contributed by atoms with Crippen LogP contribution in [-0.4, -0.2) is 44.4 Å². The molecule has 0 amide bonds. The highest BCUT2D eigenvalue weighted by molar-refractivity contribution is 5.41. The number of rotatable bonds is 7. The van der Waals surface area contributed by atoms with Crippen molar-refractivity contribution in [1.82, 2.24) is 4.90 Å². The first-order valence-electron chi connectivity index (χ1n) is 6.18. The normalized spacial score (nSPS) is 12.6. The lowest BCUT2D eigenvalue weighted by atomic mass is 10.1. The standard InChI is InChI=1S/C14H23NO3/c1-11(16)13-7-6-12(17-4)10-14(13)18-9-5-8-15(2)3/h6-7,10-11,16H,5,8-9H2,1-4H3. The van der Waals surface area contributed by atoms with Crippen molar-refractivity contribution in [3.8, 4) is 11.5 Å². The van der Waals surface area contributed by atoms with Gasteiger partial charge in [-0.1, -0.05) is 0 Å². The van der Waals surface area contributed by atoms with Gasteiger partial charge in [0.25, 0.3) is 0 Å². The van der Waals surface area contributed by atoms with E-state index >= 15 is 0 Å². The zero-order valence-corrected chi connectivity index (χ0v) is 11.6. The number of aliphatic hydroxyl groups excluding tert-OH is 1. The van der Waals surface area contributed by atoms with E-state index < -0.39 is 6.10 Å². The summed E-state index contributed by atoms with van der Waals surface area (Å²) in [6, 6.07) is 5.48. The van der Waals surface area contributed by atoms with Crippen molar-refractivity contribution in [2.45, 2.75) is 19.4 Å². The topological polar surface area (TPSA) is 41.9 Å². The average Bonchev–Trinajstić information content (AvgIpc) is 2.33. The van der Waals surface area contributed by atoms with Gasteiger partial charge in [-0.25, -0.2) is 0 Å². The Morgan fingerprint density at radius 2 is 2.06 bits per heavy atom. The molecule has 4 nitrogen and oxygen atoms in total. The highest BCUT2D eigenvalue weighted by atomic mass is 16.5. The molecular weight excluding hydrogens is 230 g/mol. The van der Waals surface area contributed by atoms with Gasteiger partial charge < -0.3 is 19.5 Å². The van der Waals surface area contributed by atoms with Crippen molar-refractivity contribution in [3.63, 3.8) is 0 Å². The van der Waals surface area contributed by atoms with E-state index in [-0.39, 0.29) is 0 Å². The maximum absolute atomic E-state index is 9.68. The summed E-state index contributed by atoms with van der Waals surface area (Å²) in [4.78, 5) is 2.12. The van der Waals surface area contributed by atoms with Gasteiger partial charge in [-0.15, -0.1) is 0 Å². The lowest BCUT2D eigenvalue weighted by Gasteiger charge is -2.15. The van der Waals surface area contributed by atoms with Gasteiger partial charge in [-0.2, -0.15) is 0 Å². The summed E-state index contributed by atoms with van der Waals surface area (Å²) < 4.78 is 10.9. The Labute approximate surface area is 109 Å². The molecule has 0 aliphatic carbocycles. The van der Waals surface area contributed by atoms with Crippen LogP contribution in [0.4, 0.5) is 0 Å². The van der Waals surface area contributed by atoms with Crippen molar-refractivity contribution in [1.29, 1.82) is 0 Å². The number of aliphatic hydroxyl groups is 1. The molecule has 0 saturated carbocycles. The number of nitrogens with zero attached hydrogens (tertiary/aromatic N) is 1. The third-order valence-corrected chi connectivity index (χ3v) is 2.68. The number of ether oxygens (including phenoxy) is 2. The van der Waals surface area contributed by atoms with Crippen LogP contribution >= 0.6 is 0 Å². The minimum Gasteiger partial charge on any atom is -0.497 e. The molecular formula is C14H23NO3. The van der Waals surface area contributed by atoms with Crippen LogP contribution in [0.15, 0.2) is 18.2 Å². The number of hydrogen-bond acceptors (Lipinski definition) is 4. The van der Waals surface area contributed by atoms with Crippen LogP contribution in [0.25, 0.3) is 0 Å². The predicted molar refractivity (Wildman–Crippen MR) is 72.3 cm³/mol. The molecule has 102 valence electrons. The monoisotopic (exact) mass is 253 g/mol. The minimum atomic E-state index is -0.542. The van der Waals surface area contributed by atoms with Crippen LogP contribution in [0.2, 0.25) is 0 Å². The summed E-state index contributed by atoms with van der Waals surface area (Å²) in [6.45, 7) is 3.34. The number of methoxy groups -OCH3 is 1. The minimum absolute atomic E-state index is 0.542. The molecule has 0 bridgehead atoms. The second-order valence-corrected chi connectivity index (χ2v) is 4.59. The van der Waals surface area contributed by atoms with E-state index in [1.54, 1.807) is 14.0 Å². The van der Waals surface area contributed by atoms with Crippen molar-refractivity contribution in [2.75, 3.05) is 34.4 Å². The van der Waals surface area contributed by atoms with E-state index in [0.717, 1.165) is 24.3 Å². The molecule has 1 N–H and O–H groups in total. The number of benzene rings is 1. The van der Waals surface area contributed by atoms with Crippen LogP contribution < -0.4 is 9.47 Å². The summed E-state index contributed by atoms with van der Waals surface area (Å²) in [6.07, 6.45) is 0.406. The van der Waals surface area contributed by atoms with Gasteiger partial charge in [-0.3, -0.25) is 0 Å². The van der Waals surface area contributed by atoms with Crippen LogP contribution in [0, 0.1) is 0 Å². The van der Waals surface area contributed by atoms with Gasteiger partial charge in [-0.05, 0) is 39.6 Å². The maximum Gasteiger partial charge on any atom is 0.128 e. The molecule has 0 saturated heterocycles. The largest absolute Gasteiger partial charge is 0.497 e. The summed E-state index contributed by atoms with van der Waals surface area (Å²) in [5.74, 6) is 1.44. The van der Waals surface area contributed by atoms with Gasteiger partial charge in [0.1, 0.15) is 11.5 Å². The van der Waals surface area contributed by atoms with Crippen LogP contribution in [0.5, 0.6) is 11.5 Å². The van der Waals surface area contributed by atoms with E-state index in [9.17, 15) is 5.11 Å². The fraction of sp³-hybridized carbons (Fsp3) is 0.571. The first kappa shape index (κ1) is 14.8. The molecule has 0 heterocycles. The molecule has 0 spiro atoms. The van der Waals surface area contributed by atoms with Crippen LogP contribution in [-0.2, 0) is 0 Å². The van der Waals surface area contributed by atoms with Crippen molar-refractivity contribution >= 4 is 0 Å². The SMILES string of the molecule is COc1ccc(C(C)O)c(OCCCN(C)C)c1. The van der Waals surface area contributed by atoms with Crippen molar-refractivity contribution < 1.29 is 14.6 Å². The number of hydrogen-bond donors (Lipinski definition) is 1. The molecule has 1 aromatic rings. The Morgan fingerprint density at radius 3 is 2.61 bits per heavy atom. The van der Waals surface area contributed by atoms with Gasteiger partial charge in [0.15, 0.2) is 0 Å². The van der Waals surface area contributed by atoms with E-state index in [0.29, 0.717) is 12.4 Å². The van der Waals surface area contributed by atoms with Crippen LogP contribution in [0.3, 0.4) is 0 Å². The maximum atomic E-state index is 9.68. The van der Waals surface area contributed by atoms with Crippen LogP contribution in [0.1, 0.15) is 25.0 Å². The lowest BCUT2D eigenvalue weighted by Crippen LogP contribution is -2.15. The Morgan fingerprint density at radius 1 is 1.33 bits per heavy atom. The average molecular weight is 253 g/mol. The Bertz CT molecular complexity index is 364. The quantitative estimate of drug-likeness (QED) is 0.755. The first-order chi connectivity index (χ1) is 8.54. The van der Waals surface area contributed by atoms with Gasteiger partial charge in [0, 0.05) is 18.2 Å². The molecule has 1 rings (SSSR count). The zero-order chi connectivity index (χ0) is 13.5. The Kier molecular flexibility index (Phi) is 5.95. The van der Waals surface area contributed by atoms with Crippen molar-refractivity contribution in [2.24, 2.45) is 0 Å². The smallest absolute Gasteiger partial charge is 0.128 e. The summed E-state index contributed by atoms with van der Waals surface area (Å²) >= 11 is 0. The second kappa shape index (κ2) is 7.24. The molecule has 1 unspecified atom stereocenters. The lowest BCUT2D eigenvalue weighted by molar-refractivity contribution is 0.189. The fourth-order valence-corrected chi connectivity index (χ4v) is 1.67. The van der Waals surface area contributed by atoms with Crippen molar-refractivity contribution in [3.05, 3.63) is 23.8 Å².